The lowest BCUT2D eigenvalue weighted by Crippen LogP contribution is -2.42. The first-order valence-electron chi connectivity index (χ1n) is 10.5. The molecule has 1 aliphatic heterocycles. The van der Waals surface area contributed by atoms with Gasteiger partial charge in [-0.25, -0.2) is 9.37 Å². The molecule has 0 bridgehead atoms. The van der Waals surface area contributed by atoms with Gasteiger partial charge in [0, 0.05) is 19.5 Å². The Labute approximate surface area is 201 Å². The van der Waals surface area contributed by atoms with Gasteiger partial charge in [0.25, 0.3) is 0 Å². The second kappa shape index (κ2) is 10.9. The van der Waals surface area contributed by atoms with Gasteiger partial charge >= 0.3 is 6.18 Å². The molecule has 34 heavy (non-hydrogen) atoms. The number of imidazole rings is 1. The summed E-state index contributed by atoms with van der Waals surface area (Å²) in [5, 5.41) is 0. The van der Waals surface area contributed by atoms with Gasteiger partial charge in [-0.15, -0.1) is 12.4 Å². The SMILES string of the molecule is COC1CCOC(c2ccccc2)C1OCc1cc(F)c(-n2ccnc2C)cc1C(F)(F)F.Cl. The molecule has 2 heterocycles. The topological polar surface area (TPSA) is 45.5 Å². The van der Waals surface area contributed by atoms with E-state index in [9.17, 15) is 17.6 Å². The molecule has 3 unspecified atom stereocenters. The molecule has 0 saturated carbocycles. The molecular formula is C24H25ClF4N2O3. The van der Waals surface area contributed by atoms with Crippen molar-refractivity contribution in [1.29, 1.82) is 0 Å². The number of hydrogen-bond donors (Lipinski definition) is 0. The Hall–Kier alpha value is -2.46. The van der Waals surface area contributed by atoms with Crippen molar-refractivity contribution in [3.05, 3.63) is 83.2 Å². The molecule has 3 atom stereocenters. The van der Waals surface area contributed by atoms with E-state index < -0.39 is 36.4 Å². The fourth-order valence-electron chi connectivity index (χ4n) is 4.13. The van der Waals surface area contributed by atoms with Gasteiger partial charge in [-0.05, 0) is 36.6 Å². The molecule has 3 aromatic rings. The molecule has 184 valence electrons. The molecule has 0 amide bonds. The monoisotopic (exact) mass is 500 g/mol. The number of ether oxygens (including phenoxy) is 3. The van der Waals surface area contributed by atoms with E-state index in [0.29, 0.717) is 18.9 Å². The van der Waals surface area contributed by atoms with Gasteiger partial charge in [-0.3, -0.25) is 0 Å². The van der Waals surface area contributed by atoms with E-state index in [0.717, 1.165) is 17.7 Å². The first-order chi connectivity index (χ1) is 15.8. The van der Waals surface area contributed by atoms with Crippen LogP contribution >= 0.6 is 12.4 Å². The van der Waals surface area contributed by atoms with Gasteiger partial charge < -0.3 is 18.8 Å². The molecule has 5 nitrogen and oxygen atoms in total. The Morgan fingerprint density at radius 3 is 2.53 bits per heavy atom. The zero-order chi connectivity index (χ0) is 23.6. The standard InChI is InChI=1S/C24H24F4N2O3.ClH/c1-15-29-9-10-30(15)20-13-18(24(26,27)28)17(12-19(20)25)14-33-23-21(31-2)8-11-32-22(23)16-6-4-3-5-7-16;/h3-7,9-10,12-13,21-23H,8,11,14H2,1-2H3;1H. The van der Waals surface area contributed by atoms with Crippen LogP contribution in [-0.4, -0.2) is 35.5 Å². The fourth-order valence-corrected chi connectivity index (χ4v) is 4.13. The summed E-state index contributed by atoms with van der Waals surface area (Å²) in [7, 11) is 1.53. The normalized spacial score (nSPS) is 20.7. The van der Waals surface area contributed by atoms with Crippen molar-refractivity contribution in [2.75, 3.05) is 13.7 Å². The highest BCUT2D eigenvalue weighted by Crippen LogP contribution is 2.37. The molecule has 10 heteroatoms. The van der Waals surface area contributed by atoms with Crippen LogP contribution in [0.1, 0.15) is 35.0 Å². The smallest absolute Gasteiger partial charge is 0.379 e. The zero-order valence-electron chi connectivity index (χ0n) is 18.6. The van der Waals surface area contributed by atoms with Crippen molar-refractivity contribution in [2.45, 2.75) is 44.4 Å². The number of aryl methyl sites for hydroxylation is 1. The summed E-state index contributed by atoms with van der Waals surface area (Å²) in [6, 6.07) is 10.9. The van der Waals surface area contributed by atoms with E-state index in [1.165, 1.54) is 24.1 Å². The van der Waals surface area contributed by atoms with Crippen molar-refractivity contribution < 1.29 is 31.8 Å². The molecule has 0 radical (unpaired) electrons. The summed E-state index contributed by atoms with van der Waals surface area (Å²) < 4.78 is 75.2. The van der Waals surface area contributed by atoms with Crippen molar-refractivity contribution >= 4 is 12.4 Å². The minimum Gasteiger partial charge on any atom is -0.379 e. The summed E-state index contributed by atoms with van der Waals surface area (Å²) >= 11 is 0. The summed E-state index contributed by atoms with van der Waals surface area (Å²) in [6.07, 6.45) is -2.91. The summed E-state index contributed by atoms with van der Waals surface area (Å²) in [5.74, 6) is -0.426. The maximum atomic E-state index is 14.9. The summed E-state index contributed by atoms with van der Waals surface area (Å²) in [4.78, 5) is 3.96. The highest BCUT2D eigenvalue weighted by atomic mass is 35.5. The van der Waals surface area contributed by atoms with Crippen molar-refractivity contribution in [2.24, 2.45) is 0 Å². The van der Waals surface area contributed by atoms with Crippen LogP contribution in [0, 0.1) is 12.7 Å². The minimum absolute atomic E-state index is 0. The van der Waals surface area contributed by atoms with Crippen molar-refractivity contribution in [3.8, 4) is 5.69 Å². The first kappa shape index (κ1) is 26.2. The second-order valence-corrected chi connectivity index (χ2v) is 7.84. The van der Waals surface area contributed by atoms with E-state index in [2.05, 4.69) is 4.98 Å². The van der Waals surface area contributed by atoms with Gasteiger partial charge in [0.1, 0.15) is 23.8 Å². The Morgan fingerprint density at radius 1 is 1.18 bits per heavy atom. The molecule has 1 saturated heterocycles. The number of rotatable bonds is 6. The average Bonchev–Trinajstić information content (AvgIpc) is 3.22. The number of hydrogen-bond acceptors (Lipinski definition) is 4. The molecule has 0 aliphatic carbocycles. The highest BCUT2D eigenvalue weighted by molar-refractivity contribution is 5.85. The number of nitrogens with zero attached hydrogens (tertiary/aromatic N) is 2. The van der Waals surface area contributed by atoms with Crippen LogP contribution in [0.3, 0.4) is 0 Å². The van der Waals surface area contributed by atoms with Gasteiger partial charge in [0.05, 0.1) is 30.6 Å². The predicted molar refractivity (Wildman–Crippen MR) is 120 cm³/mol. The van der Waals surface area contributed by atoms with E-state index in [4.69, 9.17) is 14.2 Å². The molecule has 4 rings (SSSR count). The third kappa shape index (κ3) is 5.43. The largest absolute Gasteiger partial charge is 0.416 e. The Kier molecular flexibility index (Phi) is 8.35. The van der Waals surface area contributed by atoms with E-state index in [1.54, 1.807) is 6.92 Å². The zero-order valence-corrected chi connectivity index (χ0v) is 19.4. The first-order valence-corrected chi connectivity index (χ1v) is 10.5. The van der Waals surface area contributed by atoms with E-state index in [1.807, 2.05) is 30.3 Å². The van der Waals surface area contributed by atoms with Crippen LogP contribution in [0.15, 0.2) is 54.9 Å². The van der Waals surface area contributed by atoms with Crippen LogP contribution < -0.4 is 0 Å². The average molecular weight is 501 g/mol. The Balaban J connectivity index is 0.00000324. The molecule has 1 aromatic heterocycles. The second-order valence-electron chi connectivity index (χ2n) is 7.84. The number of alkyl halides is 3. The van der Waals surface area contributed by atoms with Crippen LogP contribution in [-0.2, 0) is 27.0 Å². The van der Waals surface area contributed by atoms with E-state index >= 15 is 0 Å². The fraction of sp³-hybridized carbons (Fsp3) is 0.375. The molecule has 2 aromatic carbocycles. The number of methoxy groups -OCH3 is 1. The molecule has 1 fully saturated rings. The van der Waals surface area contributed by atoms with Gasteiger partial charge in [0.2, 0.25) is 0 Å². The van der Waals surface area contributed by atoms with Crippen LogP contribution in [0.5, 0.6) is 0 Å². The lowest BCUT2D eigenvalue weighted by Gasteiger charge is -2.37. The quantitative estimate of drug-likeness (QED) is 0.400. The lowest BCUT2D eigenvalue weighted by molar-refractivity contribution is -0.177. The molecule has 0 N–H and O–H groups in total. The minimum atomic E-state index is -4.70. The third-order valence-corrected chi connectivity index (χ3v) is 5.79. The predicted octanol–water partition coefficient (Wildman–Crippen LogP) is 5.82. The van der Waals surface area contributed by atoms with Gasteiger partial charge in [-0.1, -0.05) is 30.3 Å². The highest BCUT2D eigenvalue weighted by Gasteiger charge is 2.38. The van der Waals surface area contributed by atoms with Crippen LogP contribution in [0.4, 0.5) is 17.6 Å². The summed E-state index contributed by atoms with van der Waals surface area (Å²) in [5.41, 5.74) is -0.654. The van der Waals surface area contributed by atoms with Crippen LogP contribution in [0.2, 0.25) is 0 Å². The maximum absolute atomic E-state index is 14.9. The Morgan fingerprint density at radius 2 is 1.91 bits per heavy atom. The number of aromatic nitrogens is 2. The van der Waals surface area contributed by atoms with E-state index in [-0.39, 0.29) is 29.8 Å². The van der Waals surface area contributed by atoms with Gasteiger partial charge in [-0.2, -0.15) is 13.2 Å². The lowest BCUT2D eigenvalue weighted by atomic mass is 9.95. The van der Waals surface area contributed by atoms with Crippen LogP contribution in [0.25, 0.3) is 5.69 Å². The number of halogens is 5. The Bertz CT molecular complexity index is 1090. The third-order valence-electron chi connectivity index (χ3n) is 5.79. The summed E-state index contributed by atoms with van der Waals surface area (Å²) in [6.45, 7) is 1.56. The molecular weight excluding hydrogens is 476 g/mol. The number of benzene rings is 2. The van der Waals surface area contributed by atoms with Crippen molar-refractivity contribution in [1.82, 2.24) is 9.55 Å². The molecule has 1 aliphatic rings. The molecule has 0 spiro atoms. The van der Waals surface area contributed by atoms with Crippen molar-refractivity contribution in [3.63, 3.8) is 0 Å². The maximum Gasteiger partial charge on any atom is 0.416 e. The van der Waals surface area contributed by atoms with Gasteiger partial charge in [0.15, 0.2) is 0 Å².